The van der Waals surface area contributed by atoms with Crippen molar-refractivity contribution in [1.82, 2.24) is 0 Å². The van der Waals surface area contributed by atoms with Gasteiger partial charge in [0.05, 0.1) is 32.3 Å². The minimum absolute atomic E-state index is 0.0202. The standard InChI is InChI=1S/C13H19NO5/c1-19-12(18)6-5-11(17)13-9(14-7-8-15)3-2-4-10(13)16/h15,17H,2-8H2,1H3/b13-11+,14-9?. The summed E-state index contributed by atoms with van der Waals surface area (Å²) in [6.45, 7) is 0.101. The van der Waals surface area contributed by atoms with Gasteiger partial charge < -0.3 is 14.9 Å². The lowest BCUT2D eigenvalue weighted by Gasteiger charge is -2.17. The van der Waals surface area contributed by atoms with Gasteiger partial charge in [-0.2, -0.15) is 0 Å². The molecule has 0 unspecified atom stereocenters. The maximum Gasteiger partial charge on any atom is 0.305 e. The minimum Gasteiger partial charge on any atom is -0.511 e. The van der Waals surface area contributed by atoms with Crippen molar-refractivity contribution in [1.29, 1.82) is 0 Å². The molecule has 1 fully saturated rings. The Balaban J connectivity index is 2.87. The van der Waals surface area contributed by atoms with Gasteiger partial charge in [0.2, 0.25) is 0 Å². The normalized spacial score (nSPS) is 20.5. The lowest BCUT2D eigenvalue weighted by molar-refractivity contribution is -0.140. The number of ketones is 1. The van der Waals surface area contributed by atoms with Crippen LogP contribution in [0.15, 0.2) is 16.3 Å². The van der Waals surface area contributed by atoms with Crippen LogP contribution >= 0.6 is 0 Å². The molecule has 1 rings (SSSR count). The van der Waals surface area contributed by atoms with E-state index in [1.165, 1.54) is 7.11 Å². The second-order valence-corrected chi connectivity index (χ2v) is 4.23. The van der Waals surface area contributed by atoms with Crippen molar-refractivity contribution >= 4 is 17.5 Å². The van der Waals surface area contributed by atoms with Crippen molar-refractivity contribution in [2.75, 3.05) is 20.3 Å². The van der Waals surface area contributed by atoms with E-state index in [0.717, 1.165) is 0 Å². The van der Waals surface area contributed by atoms with Crippen molar-refractivity contribution in [2.45, 2.75) is 32.1 Å². The molecule has 2 N–H and O–H groups in total. The Kier molecular flexibility index (Phi) is 6.21. The van der Waals surface area contributed by atoms with Crippen LogP contribution in [0, 0.1) is 0 Å². The molecular formula is C13H19NO5. The van der Waals surface area contributed by atoms with Crippen molar-refractivity contribution in [3.63, 3.8) is 0 Å². The first-order valence-corrected chi connectivity index (χ1v) is 6.26. The molecule has 1 aliphatic carbocycles. The summed E-state index contributed by atoms with van der Waals surface area (Å²) in [5.41, 5.74) is 0.733. The van der Waals surface area contributed by atoms with E-state index in [0.29, 0.717) is 25.0 Å². The van der Waals surface area contributed by atoms with Crippen molar-refractivity contribution < 1.29 is 24.5 Å². The Hall–Kier alpha value is -1.69. The molecule has 1 aliphatic rings. The van der Waals surface area contributed by atoms with E-state index < -0.39 is 5.97 Å². The first-order valence-electron chi connectivity index (χ1n) is 6.26. The average molecular weight is 269 g/mol. The molecule has 0 heterocycles. The highest BCUT2D eigenvalue weighted by atomic mass is 16.5. The summed E-state index contributed by atoms with van der Waals surface area (Å²) in [4.78, 5) is 27.0. The van der Waals surface area contributed by atoms with E-state index in [1.807, 2.05) is 0 Å². The maximum absolute atomic E-state index is 11.8. The number of rotatable bonds is 5. The first-order chi connectivity index (χ1) is 9.10. The number of Topliss-reactive ketones (excluding diaryl/α,β-unsaturated/α-hetero) is 1. The van der Waals surface area contributed by atoms with Gasteiger partial charge in [0, 0.05) is 18.6 Å². The molecule has 6 heteroatoms. The number of carbonyl (C=O) groups is 2. The van der Waals surface area contributed by atoms with E-state index in [1.54, 1.807) is 0 Å². The highest BCUT2D eigenvalue weighted by Crippen LogP contribution is 2.22. The van der Waals surface area contributed by atoms with Gasteiger partial charge >= 0.3 is 5.97 Å². The number of methoxy groups -OCH3 is 1. The fourth-order valence-corrected chi connectivity index (χ4v) is 1.95. The zero-order valence-corrected chi connectivity index (χ0v) is 11.0. The van der Waals surface area contributed by atoms with E-state index in [2.05, 4.69) is 9.73 Å². The molecule has 0 spiro atoms. The molecule has 0 radical (unpaired) electrons. The first kappa shape index (κ1) is 15.4. The van der Waals surface area contributed by atoms with Crippen molar-refractivity contribution in [2.24, 2.45) is 4.99 Å². The highest BCUT2D eigenvalue weighted by molar-refractivity contribution is 6.24. The van der Waals surface area contributed by atoms with Crippen LogP contribution < -0.4 is 0 Å². The Morgan fingerprint density at radius 3 is 2.74 bits per heavy atom. The second-order valence-electron chi connectivity index (χ2n) is 4.23. The van der Waals surface area contributed by atoms with Gasteiger partial charge in [0.15, 0.2) is 5.78 Å². The smallest absolute Gasteiger partial charge is 0.305 e. The molecule has 0 aromatic carbocycles. The molecule has 0 saturated heterocycles. The number of aliphatic imine (C=N–C) groups is 1. The Morgan fingerprint density at radius 2 is 2.11 bits per heavy atom. The van der Waals surface area contributed by atoms with Gasteiger partial charge in [-0.25, -0.2) is 0 Å². The molecule has 0 aromatic heterocycles. The SMILES string of the molecule is COC(=O)CC/C(O)=C1\C(=O)CCCC1=NCCO. The van der Waals surface area contributed by atoms with E-state index in [9.17, 15) is 14.7 Å². The molecular weight excluding hydrogens is 250 g/mol. The number of hydrogen-bond donors (Lipinski definition) is 2. The fourth-order valence-electron chi connectivity index (χ4n) is 1.95. The van der Waals surface area contributed by atoms with Crippen molar-refractivity contribution in [3.05, 3.63) is 11.3 Å². The Labute approximate surface area is 111 Å². The third-order valence-corrected chi connectivity index (χ3v) is 2.87. The van der Waals surface area contributed by atoms with Crippen LogP contribution in [0.3, 0.4) is 0 Å². The zero-order valence-electron chi connectivity index (χ0n) is 11.0. The Bertz CT molecular complexity index is 411. The monoisotopic (exact) mass is 269 g/mol. The molecule has 0 atom stereocenters. The molecule has 19 heavy (non-hydrogen) atoms. The summed E-state index contributed by atoms with van der Waals surface area (Å²) in [6, 6.07) is 0. The van der Waals surface area contributed by atoms with Crippen LogP contribution in [0.5, 0.6) is 0 Å². The number of carbonyl (C=O) groups excluding carboxylic acids is 2. The van der Waals surface area contributed by atoms with Crippen LogP contribution in [0.4, 0.5) is 0 Å². The quantitative estimate of drug-likeness (QED) is 0.440. The highest BCUT2D eigenvalue weighted by Gasteiger charge is 2.25. The number of nitrogens with zero attached hydrogens (tertiary/aromatic N) is 1. The molecule has 1 saturated carbocycles. The molecule has 0 aliphatic heterocycles. The summed E-state index contributed by atoms with van der Waals surface area (Å²) in [5, 5.41) is 18.7. The zero-order chi connectivity index (χ0) is 14.3. The summed E-state index contributed by atoms with van der Waals surface area (Å²) in [5.74, 6) is -0.721. The second kappa shape index (κ2) is 7.68. The van der Waals surface area contributed by atoms with Crippen LogP contribution in [-0.2, 0) is 14.3 Å². The maximum atomic E-state index is 11.8. The summed E-state index contributed by atoms with van der Waals surface area (Å²) in [7, 11) is 1.27. The van der Waals surface area contributed by atoms with Gasteiger partial charge in [0.1, 0.15) is 5.76 Å². The number of ether oxygens (including phenoxy) is 1. The van der Waals surface area contributed by atoms with E-state index in [4.69, 9.17) is 5.11 Å². The summed E-state index contributed by atoms with van der Waals surface area (Å²) < 4.78 is 4.49. The largest absolute Gasteiger partial charge is 0.511 e. The van der Waals surface area contributed by atoms with Gasteiger partial charge in [0.25, 0.3) is 0 Å². The molecule has 6 nitrogen and oxygen atoms in total. The average Bonchev–Trinajstić information content (AvgIpc) is 2.42. The molecule has 0 bridgehead atoms. The van der Waals surface area contributed by atoms with Gasteiger partial charge in [-0.05, 0) is 12.8 Å². The van der Waals surface area contributed by atoms with Crippen LogP contribution in [0.1, 0.15) is 32.1 Å². The molecule has 0 aromatic rings. The van der Waals surface area contributed by atoms with Crippen LogP contribution in [0.2, 0.25) is 0 Å². The lowest BCUT2D eigenvalue weighted by atomic mass is 9.89. The molecule has 106 valence electrons. The third-order valence-electron chi connectivity index (χ3n) is 2.87. The van der Waals surface area contributed by atoms with E-state index in [-0.39, 0.29) is 43.1 Å². The predicted octanol–water partition coefficient (Wildman–Crippen LogP) is 0.938. The van der Waals surface area contributed by atoms with E-state index >= 15 is 0 Å². The summed E-state index contributed by atoms with van der Waals surface area (Å²) >= 11 is 0. The van der Waals surface area contributed by atoms with Crippen molar-refractivity contribution in [3.8, 4) is 0 Å². The Morgan fingerprint density at radius 1 is 1.37 bits per heavy atom. The van der Waals surface area contributed by atoms with Gasteiger partial charge in [-0.15, -0.1) is 0 Å². The third kappa shape index (κ3) is 4.48. The molecule has 0 amide bonds. The number of esters is 1. The number of allylic oxidation sites excluding steroid dienone is 2. The number of aliphatic hydroxyl groups is 2. The predicted molar refractivity (Wildman–Crippen MR) is 69.2 cm³/mol. The lowest BCUT2D eigenvalue weighted by Crippen LogP contribution is -2.22. The topological polar surface area (TPSA) is 96.2 Å². The van der Waals surface area contributed by atoms with Crippen LogP contribution in [-0.4, -0.2) is 47.9 Å². The number of hydrogen-bond acceptors (Lipinski definition) is 6. The fraction of sp³-hybridized carbons (Fsp3) is 0.615. The van der Waals surface area contributed by atoms with Gasteiger partial charge in [-0.3, -0.25) is 14.6 Å². The minimum atomic E-state index is -0.441. The van der Waals surface area contributed by atoms with Crippen LogP contribution in [0.25, 0.3) is 0 Å². The summed E-state index contributed by atoms with van der Waals surface area (Å²) in [6.07, 6.45) is 1.74. The van der Waals surface area contributed by atoms with Gasteiger partial charge in [-0.1, -0.05) is 0 Å². The number of aliphatic hydroxyl groups excluding tert-OH is 2.